The van der Waals surface area contributed by atoms with Crippen LogP contribution in [0.2, 0.25) is 0 Å². The first-order valence-electron chi connectivity index (χ1n) is 10.2. The molecule has 1 aromatic carbocycles. The highest BCUT2D eigenvalue weighted by Crippen LogP contribution is 2.25. The molecule has 2 heterocycles. The maximum Gasteiger partial charge on any atom is 0.292 e. The first kappa shape index (κ1) is 20.6. The number of rotatable bonds is 7. The molecule has 152 valence electrons. The Morgan fingerprint density at radius 3 is 2.54 bits per heavy atom. The van der Waals surface area contributed by atoms with Crippen LogP contribution in [-0.2, 0) is 4.79 Å². The van der Waals surface area contributed by atoms with E-state index in [1.807, 2.05) is 42.7 Å². The molecule has 2 N–H and O–H groups in total. The number of benzene rings is 1. The number of hydrogen-bond donors (Lipinski definition) is 2. The zero-order valence-corrected chi connectivity index (χ0v) is 17.1. The van der Waals surface area contributed by atoms with Crippen molar-refractivity contribution in [2.45, 2.75) is 51.7 Å². The summed E-state index contributed by atoms with van der Waals surface area (Å²) in [6.45, 7) is 9.00. The summed E-state index contributed by atoms with van der Waals surface area (Å²) >= 11 is 0. The third-order valence-electron chi connectivity index (χ3n) is 5.65. The number of carbonyl (C=O) groups is 2. The van der Waals surface area contributed by atoms with Crippen LogP contribution in [-0.4, -0.2) is 58.0 Å². The highest BCUT2D eigenvalue weighted by Gasteiger charge is 2.33. The Bertz CT molecular complexity index is 848. The molecule has 6 heteroatoms. The van der Waals surface area contributed by atoms with Crippen LogP contribution in [0.5, 0.6) is 0 Å². The Labute approximate surface area is 166 Å². The van der Waals surface area contributed by atoms with Gasteiger partial charge in [-0.2, -0.15) is 0 Å². The number of piperidine rings is 1. The maximum atomic E-state index is 12.8. The van der Waals surface area contributed by atoms with Crippen molar-refractivity contribution in [3.8, 4) is 0 Å². The van der Waals surface area contributed by atoms with Crippen molar-refractivity contribution in [1.29, 1.82) is 0 Å². The van der Waals surface area contributed by atoms with Gasteiger partial charge in [0.15, 0.2) is 0 Å². The number of nitrogens with one attached hydrogen (secondary N) is 1. The van der Waals surface area contributed by atoms with Crippen LogP contribution >= 0.6 is 0 Å². The van der Waals surface area contributed by atoms with Crippen LogP contribution in [0.1, 0.15) is 56.4 Å². The first-order valence-corrected chi connectivity index (χ1v) is 10.2. The van der Waals surface area contributed by atoms with Gasteiger partial charge in [-0.25, -0.2) is 0 Å². The van der Waals surface area contributed by atoms with E-state index in [-0.39, 0.29) is 12.6 Å². The molecule has 6 nitrogen and oxygen atoms in total. The standard InChI is InChI=1S/C22H31N3O3/c1-4-11-24-12-9-22(28,10-13-24)15-23-21(27)20(26)18-14-25(16(2)3)19-8-6-5-7-17(18)19/h5-8,14,16,28H,4,9-13,15H2,1-3H3,(H,23,27). The molecule has 1 aliphatic heterocycles. The average molecular weight is 386 g/mol. The molecule has 1 aliphatic rings. The van der Waals surface area contributed by atoms with Gasteiger partial charge < -0.3 is 19.9 Å². The molecule has 1 amide bonds. The van der Waals surface area contributed by atoms with E-state index in [0.29, 0.717) is 18.4 Å². The molecule has 0 atom stereocenters. The van der Waals surface area contributed by atoms with Crippen LogP contribution in [0.3, 0.4) is 0 Å². The third kappa shape index (κ3) is 4.28. The molecule has 0 saturated carbocycles. The van der Waals surface area contributed by atoms with Gasteiger partial charge in [0.2, 0.25) is 0 Å². The van der Waals surface area contributed by atoms with Gasteiger partial charge in [-0.1, -0.05) is 25.1 Å². The summed E-state index contributed by atoms with van der Waals surface area (Å²) < 4.78 is 2.01. The number of carbonyl (C=O) groups excluding carboxylic acids is 2. The molecular formula is C22H31N3O3. The molecule has 1 fully saturated rings. The van der Waals surface area contributed by atoms with Gasteiger partial charge >= 0.3 is 0 Å². The second kappa shape index (κ2) is 8.45. The summed E-state index contributed by atoms with van der Waals surface area (Å²) in [5.41, 5.74) is 0.411. The minimum absolute atomic E-state index is 0.111. The number of hydrogen-bond acceptors (Lipinski definition) is 4. The number of amides is 1. The van der Waals surface area contributed by atoms with Gasteiger partial charge in [-0.15, -0.1) is 0 Å². The first-order chi connectivity index (χ1) is 13.3. The predicted octanol–water partition coefficient (Wildman–Crippen LogP) is 2.76. The number of nitrogens with zero attached hydrogens (tertiary/aromatic N) is 2. The van der Waals surface area contributed by atoms with Crippen molar-refractivity contribution in [1.82, 2.24) is 14.8 Å². The van der Waals surface area contributed by atoms with Crippen molar-refractivity contribution < 1.29 is 14.7 Å². The Hall–Kier alpha value is -2.18. The molecule has 0 bridgehead atoms. The molecule has 28 heavy (non-hydrogen) atoms. The van der Waals surface area contributed by atoms with Crippen molar-refractivity contribution in [3.63, 3.8) is 0 Å². The Morgan fingerprint density at radius 1 is 1.21 bits per heavy atom. The number of aliphatic hydroxyl groups is 1. The van der Waals surface area contributed by atoms with E-state index in [2.05, 4.69) is 17.1 Å². The Morgan fingerprint density at radius 2 is 1.89 bits per heavy atom. The number of likely N-dealkylation sites (tertiary alicyclic amines) is 1. The lowest BCUT2D eigenvalue weighted by Crippen LogP contribution is -2.51. The van der Waals surface area contributed by atoms with Crippen LogP contribution in [0, 0.1) is 0 Å². The second-order valence-corrected chi connectivity index (χ2v) is 8.14. The molecule has 0 unspecified atom stereocenters. The number of para-hydroxylation sites is 1. The molecule has 0 spiro atoms. The van der Waals surface area contributed by atoms with Gasteiger partial charge in [0.1, 0.15) is 0 Å². The van der Waals surface area contributed by atoms with Gasteiger partial charge in [-0.05, 0) is 45.7 Å². The zero-order chi connectivity index (χ0) is 20.3. The van der Waals surface area contributed by atoms with Crippen molar-refractivity contribution in [2.24, 2.45) is 0 Å². The summed E-state index contributed by atoms with van der Waals surface area (Å²) in [5.74, 6) is -1.21. The highest BCUT2D eigenvalue weighted by molar-refractivity contribution is 6.45. The largest absolute Gasteiger partial charge is 0.388 e. The van der Waals surface area contributed by atoms with Crippen molar-refractivity contribution in [3.05, 3.63) is 36.0 Å². The molecule has 1 saturated heterocycles. The minimum Gasteiger partial charge on any atom is -0.388 e. The fraction of sp³-hybridized carbons (Fsp3) is 0.545. The summed E-state index contributed by atoms with van der Waals surface area (Å²) in [4.78, 5) is 27.6. The normalized spacial score (nSPS) is 17.2. The molecular weight excluding hydrogens is 354 g/mol. The van der Waals surface area contributed by atoms with E-state index < -0.39 is 17.3 Å². The highest BCUT2D eigenvalue weighted by atomic mass is 16.3. The molecule has 2 aromatic rings. The molecule has 3 rings (SSSR count). The lowest BCUT2D eigenvalue weighted by molar-refractivity contribution is -0.118. The molecule has 1 aromatic heterocycles. The maximum absolute atomic E-state index is 12.8. The predicted molar refractivity (Wildman–Crippen MR) is 111 cm³/mol. The zero-order valence-electron chi connectivity index (χ0n) is 17.1. The number of aromatic nitrogens is 1. The smallest absolute Gasteiger partial charge is 0.292 e. The lowest BCUT2D eigenvalue weighted by Gasteiger charge is -2.38. The number of ketones is 1. The van der Waals surface area contributed by atoms with Crippen molar-refractivity contribution in [2.75, 3.05) is 26.2 Å². The summed E-state index contributed by atoms with van der Waals surface area (Å²) in [5, 5.41) is 14.2. The summed E-state index contributed by atoms with van der Waals surface area (Å²) in [7, 11) is 0. The average Bonchev–Trinajstić information content (AvgIpc) is 3.08. The Balaban J connectivity index is 1.67. The minimum atomic E-state index is -0.938. The van der Waals surface area contributed by atoms with E-state index in [0.717, 1.165) is 37.0 Å². The number of Topliss-reactive ketones (excluding diaryl/α,β-unsaturated/α-hetero) is 1. The monoisotopic (exact) mass is 385 g/mol. The Kier molecular flexibility index (Phi) is 6.20. The van der Waals surface area contributed by atoms with E-state index in [4.69, 9.17) is 0 Å². The van der Waals surface area contributed by atoms with Gasteiger partial charge in [-0.3, -0.25) is 9.59 Å². The second-order valence-electron chi connectivity index (χ2n) is 8.14. The fourth-order valence-corrected chi connectivity index (χ4v) is 3.95. The number of fused-ring (bicyclic) bond motifs is 1. The van der Waals surface area contributed by atoms with Gasteiger partial charge in [0, 0.05) is 42.8 Å². The van der Waals surface area contributed by atoms with E-state index >= 15 is 0 Å². The van der Waals surface area contributed by atoms with Crippen LogP contribution < -0.4 is 5.32 Å². The van der Waals surface area contributed by atoms with Crippen LogP contribution in [0.25, 0.3) is 10.9 Å². The summed E-state index contributed by atoms with van der Waals surface area (Å²) in [6.07, 6.45) is 4.06. The van der Waals surface area contributed by atoms with Crippen LogP contribution in [0.15, 0.2) is 30.5 Å². The fourth-order valence-electron chi connectivity index (χ4n) is 3.95. The SMILES string of the molecule is CCCN1CCC(O)(CNC(=O)C(=O)c2cn(C(C)C)c3ccccc23)CC1. The molecule has 0 radical (unpaired) electrons. The van der Waals surface area contributed by atoms with E-state index in [1.54, 1.807) is 6.20 Å². The molecule has 0 aliphatic carbocycles. The van der Waals surface area contributed by atoms with Crippen LogP contribution in [0.4, 0.5) is 0 Å². The summed E-state index contributed by atoms with van der Waals surface area (Å²) in [6, 6.07) is 7.80. The van der Waals surface area contributed by atoms with Gasteiger partial charge in [0.05, 0.1) is 11.2 Å². The van der Waals surface area contributed by atoms with E-state index in [1.165, 1.54) is 0 Å². The third-order valence-corrected chi connectivity index (χ3v) is 5.65. The lowest BCUT2D eigenvalue weighted by atomic mass is 9.91. The van der Waals surface area contributed by atoms with Gasteiger partial charge in [0.25, 0.3) is 11.7 Å². The van der Waals surface area contributed by atoms with Crippen molar-refractivity contribution >= 4 is 22.6 Å². The van der Waals surface area contributed by atoms with E-state index in [9.17, 15) is 14.7 Å². The topological polar surface area (TPSA) is 74.6 Å². The quantitative estimate of drug-likeness (QED) is 0.568.